The van der Waals surface area contributed by atoms with E-state index in [9.17, 15) is 29.1 Å². The number of hydrogen-bond donors (Lipinski definition) is 7. The van der Waals surface area contributed by atoms with Gasteiger partial charge < -0.3 is 37.6 Å². The second kappa shape index (κ2) is 12.4. The van der Waals surface area contributed by atoms with Crippen molar-refractivity contribution in [1.82, 2.24) is 16.0 Å². The summed E-state index contributed by atoms with van der Waals surface area (Å²) in [7, 11) is 0. The van der Waals surface area contributed by atoms with Crippen LogP contribution in [-0.2, 0) is 30.4 Å². The van der Waals surface area contributed by atoms with Gasteiger partial charge in [-0.05, 0) is 19.4 Å². The lowest BCUT2D eigenvalue weighted by molar-refractivity contribution is -0.143. The van der Waals surface area contributed by atoms with E-state index in [-0.39, 0.29) is 6.42 Å². The highest BCUT2D eigenvalue weighted by molar-refractivity contribution is 5.94. The highest BCUT2D eigenvalue weighted by Crippen LogP contribution is 2.05. The fraction of sp³-hybridized carbons (Fsp3) is 0.450. The first-order valence-corrected chi connectivity index (χ1v) is 9.82. The molecule has 32 heavy (non-hydrogen) atoms. The van der Waals surface area contributed by atoms with E-state index in [1.807, 2.05) is 0 Å². The summed E-state index contributed by atoms with van der Waals surface area (Å²) in [5, 5.41) is 25.6. The first-order valence-electron chi connectivity index (χ1n) is 9.82. The Bertz CT molecular complexity index is 831. The van der Waals surface area contributed by atoms with Gasteiger partial charge in [0.25, 0.3) is 0 Å². The van der Waals surface area contributed by atoms with Gasteiger partial charge in [0.15, 0.2) is 0 Å². The molecule has 1 aromatic carbocycles. The highest BCUT2D eigenvalue weighted by atomic mass is 16.4. The molecule has 0 aliphatic carbocycles. The molecular formula is C20H29N5O7. The van der Waals surface area contributed by atoms with E-state index in [1.165, 1.54) is 13.8 Å². The topological polar surface area (TPSA) is 214 Å². The quantitative estimate of drug-likeness (QED) is 0.178. The van der Waals surface area contributed by atoms with Crippen molar-refractivity contribution in [3.05, 3.63) is 35.9 Å². The van der Waals surface area contributed by atoms with Crippen molar-refractivity contribution < 1.29 is 34.2 Å². The van der Waals surface area contributed by atoms with E-state index in [2.05, 4.69) is 16.0 Å². The van der Waals surface area contributed by atoms with Crippen LogP contribution in [0.2, 0.25) is 0 Å². The third-order valence-electron chi connectivity index (χ3n) is 4.51. The Labute approximate surface area is 184 Å². The molecule has 12 heteroatoms. The number of rotatable bonds is 12. The molecule has 4 amide bonds. The predicted molar refractivity (Wildman–Crippen MR) is 113 cm³/mol. The van der Waals surface area contributed by atoms with E-state index < -0.39 is 66.3 Å². The zero-order chi connectivity index (χ0) is 24.4. The van der Waals surface area contributed by atoms with Crippen LogP contribution in [0.15, 0.2) is 30.3 Å². The van der Waals surface area contributed by atoms with Crippen molar-refractivity contribution >= 4 is 29.6 Å². The van der Waals surface area contributed by atoms with Crippen LogP contribution in [0.1, 0.15) is 25.8 Å². The van der Waals surface area contributed by atoms with Crippen molar-refractivity contribution in [2.75, 3.05) is 0 Å². The normalized spacial score (nSPS) is 15.4. The smallest absolute Gasteiger partial charge is 0.326 e. The Kier molecular flexibility index (Phi) is 10.3. The van der Waals surface area contributed by atoms with E-state index in [4.69, 9.17) is 16.6 Å². The summed E-state index contributed by atoms with van der Waals surface area (Å²) in [5.74, 6) is -4.74. The second-order valence-corrected chi connectivity index (χ2v) is 7.32. The third-order valence-corrected chi connectivity index (χ3v) is 4.51. The molecule has 9 N–H and O–H groups in total. The number of nitrogens with one attached hydrogen (secondary N) is 3. The number of aliphatic hydroxyl groups is 1. The van der Waals surface area contributed by atoms with Crippen molar-refractivity contribution in [3.63, 3.8) is 0 Å². The minimum Gasteiger partial charge on any atom is -0.480 e. The van der Waals surface area contributed by atoms with Gasteiger partial charge in [-0.15, -0.1) is 0 Å². The number of aliphatic carboxylic acids is 1. The van der Waals surface area contributed by atoms with Gasteiger partial charge in [0.2, 0.25) is 23.6 Å². The summed E-state index contributed by atoms with van der Waals surface area (Å²) >= 11 is 0. The summed E-state index contributed by atoms with van der Waals surface area (Å²) in [6.45, 7) is 2.63. The van der Waals surface area contributed by atoms with E-state index in [1.54, 1.807) is 30.3 Å². The number of benzene rings is 1. The standard InChI is InChI=1S/C20H29N5O7/c1-10(17(28)25-14(20(31)32)9-15(21)27)23-18(29)13(8-12-6-4-3-5-7-12)24-19(30)16(22)11(2)26/h3-7,10-11,13-14,16,26H,8-9,22H2,1-2H3,(H2,21,27)(H,23,29)(H,24,30)(H,25,28)(H,31,32). The summed E-state index contributed by atoms with van der Waals surface area (Å²) < 4.78 is 0. The second-order valence-electron chi connectivity index (χ2n) is 7.32. The van der Waals surface area contributed by atoms with Gasteiger partial charge in [0.05, 0.1) is 12.5 Å². The van der Waals surface area contributed by atoms with Gasteiger partial charge in [-0.25, -0.2) is 4.79 Å². The lowest BCUT2D eigenvalue weighted by Crippen LogP contribution is -2.58. The molecule has 12 nitrogen and oxygen atoms in total. The Morgan fingerprint density at radius 1 is 0.906 bits per heavy atom. The first kappa shape index (κ1) is 26.5. The van der Waals surface area contributed by atoms with Crippen LogP contribution in [-0.4, -0.2) is 70.1 Å². The lowest BCUT2D eigenvalue weighted by atomic mass is 10.0. The maximum atomic E-state index is 12.8. The Hall–Kier alpha value is -3.51. The zero-order valence-electron chi connectivity index (χ0n) is 17.8. The van der Waals surface area contributed by atoms with Crippen LogP contribution >= 0.6 is 0 Å². The lowest BCUT2D eigenvalue weighted by Gasteiger charge is -2.24. The SMILES string of the molecule is CC(NC(=O)C(Cc1ccccc1)NC(=O)C(N)C(C)O)C(=O)NC(CC(N)=O)C(=O)O. The summed E-state index contributed by atoms with van der Waals surface area (Å²) in [6.07, 6.45) is -1.71. The fourth-order valence-electron chi connectivity index (χ4n) is 2.62. The molecule has 5 unspecified atom stereocenters. The number of nitrogens with two attached hydrogens (primary N) is 2. The van der Waals surface area contributed by atoms with Crippen LogP contribution in [0, 0.1) is 0 Å². The van der Waals surface area contributed by atoms with Crippen LogP contribution in [0.5, 0.6) is 0 Å². The van der Waals surface area contributed by atoms with E-state index in [0.29, 0.717) is 5.56 Å². The van der Waals surface area contributed by atoms with Gasteiger partial charge in [-0.2, -0.15) is 0 Å². The van der Waals surface area contributed by atoms with E-state index in [0.717, 1.165) is 0 Å². The number of carbonyl (C=O) groups excluding carboxylic acids is 4. The number of hydrogen-bond acceptors (Lipinski definition) is 7. The molecule has 0 fully saturated rings. The van der Waals surface area contributed by atoms with Crippen molar-refractivity contribution in [1.29, 1.82) is 0 Å². The largest absolute Gasteiger partial charge is 0.480 e. The van der Waals surface area contributed by atoms with Crippen molar-refractivity contribution in [2.45, 2.75) is 57.0 Å². The molecule has 0 bridgehead atoms. The molecule has 0 aliphatic heterocycles. The summed E-state index contributed by atoms with van der Waals surface area (Å²) in [5.41, 5.74) is 11.3. The molecule has 0 saturated heterocycles. The van der Waals surface area contributed by atoms with Crippen LogP contribution < -0.4 is 27.4 Å². The van der Waals surface area contributed by atoms with Crippen molar-refractivity contribution in [3.8, 4) is 0 Å². The number of aliphatic hydroxyl groups excluding tert-OH is 1. The molecule has 1 rings (SSSR count). The molecule has 176 valence electrons. The van der Waals surface area contributed by atoms with Gasteiger partial charge in [0, 0.05) is 6.42 Å². The number of carboxylic acid groups (broad SMARTS) is 1. The summed E-state index contributed by atoms with van der Waals surface area (Å²) in [4.78, 5) is 59.5. The molecule has 1 aromatic rings. The van der Waals surface area contributed by atoms with Crippen molar-refractivity contribution in [2.24, 2.45) is 11.5 Å². The maximum absolute atomic E-state index is 12.8. The number of amides is 4. The predicted octanol–water partition coefficient (Wildman–Crippen LogP) is -2.63. The number of carboxylic acids is 1. The molecule has 0 aliphatic rings. The van der Waals surface area contributed by atoms with Crippen LogP contribution in [0.3, 0.4) is 0 Å². The van der Waals surface area contributed by atoms with Gasteiger partial charge in [-0.3, -0.25) is 19.2 Å². The minimum absolute atomic E-state index is 0.0682. The third kappa shape index (κ3) is 8.70. The molecule has 0 saturated carbocycles. The maximum Gasteiger partial charge on any atom is 0.326 e. The average Bonchev–Trinajstić information content (AvgIpc) is 2.72. The van der Waals surface area contributed by atoms with Gasteiger partial charge >= 0.3 is 5.97 Å². The molecular weight excluding hydrogens is 422 g/mol. The minimum atomic E-state index is -1.55. The number of primary amides is 1. The monoisotopic (exact) mass is 451 g/mol. The molecule has 0 heterocycles. The van der Waals surface area contributed by atoms with Gasteiger partial charge in [0.1, 0.15) is 24.2 Å². The van der Waals surface area contributed by atoms with Gasteiger partial charge in [-0.1, -0.05) is 30.3 Å². The Morgan fingerprint density at radius 3 is 1.97 bits per heavy atom. The Balaban J connectivity index is 2.90. The van der Waals surface area contributed by atoms with E-state index >= 15 is 0 Å². The highest BCUT2D eigenvalue weighted by Gasteiger charge is 2.29. The Morgan fingerprint density at radius 2 is 1.47 bits per heavy atom. The fourth-order valence-corrected chi connectivity index (χ4v) is 2.62. The number of carbonyl (C=O) groups is 5. The average molecular weight is 451 g/mol. The summed E-state index contributed by atoms with van der Waals surface area (Å²) in [6, 6.07) is 3.58. The molecule has 0 spiro atoms. The molecule has 0 aromatic heterocycles. The van der Waals surface area contributed by atoms with Crippen LogP contribution in [0.4, 0.5) is 0 Å². The van der Waals surface area contributed by atoms with Crippen LogP contribution in [0.25, 0.3) is 0 Å². The molecule has 5 atom stereocenters. The molecule has 0 radical (unpaired) electrons. The first-order chi connectivity index (χ1) is 14.9. The zero-order valence-corrected chi connectivity index (χ0v) is 17.8.